The van der Waals surface area contributed by atoms with E-state index in [0.29, 0.717) is 12.2 Å². The Morgan fingerprint density at radius 3 is 2.64 bits per heavy atom. The van der Waals surface area contributed by atoms with Crippen LogP contribution in [0.5, 0.6) is 11.5 Å². The lowest BCUT2D eigenvalue weighted by Gasteiger charge is -2.08. The van der Waals surface area contributed by atoms with Gasteiger partial charge < -0.3 is 14.6 Å². The number of phenols is 1. The first-order valence-electron chi connectivity index (χ1n) is 7.33. The smallest absolute Gasteiger partial charge is 0.330 e. The number of hydrogen-bond acceptors (Lipinski definition) is 5. The molecule has 1 N–H and O–H groups in total. The average molecular weight is 306 g/mol. The molecular weight excluding hydrogens is 284 g/mol. The Kier molecular flexibility index (Phi) is 7.16. The fourth-order valence-electron chi connectivity index (χ4n) is 1.48. The van der Waals surface area contributed by atoms with E-state index in [1.807, 2.05) is 6.92 Å². The van der Waals surface area contributed by atoms with Crippen LogP contribution >= 0.6 is 0 Å². The van der Waals surface area contributed by atoms with Gasteiger partial charge in [0.15, 0.2) is 11.5 Å². The van der Waals surface area contributed by atoms with E-state index in [0.717, 1.165) is 12.8 Å². The zero-order chi connectivity index (χ0) is 16.5. The summed E-state index contributed by atoms with van der Waals surface area (Å²) in [5.41, 5.74) is 0.606. The molecule has 0 atom stereocenters. The molecule has 0 amide bonds. The third kappa shape index (κ3) is 5.99. The molecule has 0 aromatic heterocycles. The van der Waals surface area contributed by atoms with Crippen molar-refractivity contribution < 1.29 is 24.2 Å². The molecule has 22 heavy (non-hydrogen) atoms. The molecule has 0 aliphatic rings. The Morgan fingerprint density at radius 1 is 1.32 bits per heavy atom. The number of hydrogen-bond donors (Lipinski definition) is 1. The zero-order valence-electron chi connectivity index (χ0n) is 13.2. The van der Waals surface area contributed by atoms with Crippen LogP contribution in [0.4, 0.5) is 0 Å². The van der Waals surface area contributed by atoms with Gasteiger partial charge in [0.2, 0.25) is 0 Å². The van der Waals surface area contributed by atoms with Crippen LogP contribution in [0.25, 0.3) is 6.08 Å². The molecule has 1 aromatic carbocycles. The van der Waals surface area contributed by atoms with Crippen molar-refractivity contribution in [2.45, 2.75) is 33.6 Å². The molecule has 1 aromatic rings. The van der Waals surface area contributed by atoms with Gasteiger partial charge in [0.25, 0.3) is 0 Å². The van der Waals surface area contributed by atoms with Crippen molar-refractivity contribution in [3.63, 3.8) is 0 Å². The average Bonchev–Trinajstić information content (AvgIpc) is 2.47. The summed E-state index contributed by atoms with van der Waals surface area (Å²) in [6.07, 6.45) is 4.62. The van der Waals surface area contributed by atoms with E-state index in [2.05, 4.69) is 0 Å². The molecule has 0 saturated carbocycles. The van der Waals surface area contributed by atoms with E-state index in [-0.39, 0.29) is 17.4 Å². The van der Waals surface area contributed by atoms with Gasteiger partial charge in [0, 0.05) is 6.08 Å². The van der Waals surface area contributed by atoms with Gasteiger partial charge in [-0.3, -0.25) is 4.79 Å². The number of unbranched alkanes of at least 4 members (excludes halogenated alkanes) is 1. The van der Waals surface area contributed by atoms with Crippen molar-refractivity contribution in [3.05, 3.63) is 29.8 Å². The molecular formula is C17H22O5. The maximum atomic E-state index is 11.5. The Labute approximate surface area is 130 Å². The topological polar surface area (TPSA) is 72.8 Å². The van der Waals surface area contributed by atoms with Crippen LogP contribution in [0.2, 0.25) is 0 Å². The van der Waals surface area contributed by atoms with Gasteiger partial charge in [0.1, 0.15) is 0 Å². The van der Waals surface area contributed by atoms with Crippen molar-refractivity contribution in [2.24, 2.45) is 5.92 Å². The highest BCUT2D eigenvalue weighted by atomic mass is 16.5. The van der Waals surface area contributed by atoms with Crippen molar-refractivity contribution in [1.82, 2.24) is 0 Å². The first-order chi connectivity index (χ1) is 10.4. The van der Waals surface area contributed by atoms with Crippen LogP contribution < -0.4 is 4.74 Å². The summed E-state index contributed by atoms with van der Waals surface area (Å²) in [7, 11) is 0. The van der Waals surface area contributed by atoms with Crippen LogP contribution in [-0.4, -0.2) is 23.7 Å². The van der Waals surface area contributed by atoms with E-state index in [1.165, 1.54) is 24.3 Å². The van der Waals surface area contributed by atoms with Gasteiger partial charge in [-0.15, -0.1) is 0 Å². The van der Waals surface area contributed by atoms with Crippen molar-refractivity contribution in [3.8, 4) is 11.5 Å². The molecule has 5 nitrogen and oxygen atoms in total. The summed E-state index contributed by atoms with van der Waals surface area (Å²) in [5, 5.41) is 9.83. The predicted octanol–water partition coefficient (Wildman–Crippen LogP) is 3.31. The minimum absolute atomic E-state index is 0.0985. The highest BCUT2D eigenvalue weighted by molar-refractivity contribution is 5.87. The third-order valence-electron chi connectivity index (χ3n) is 2.82. The van der Waals surface area contributed by atoms with Gasteiger partial charge in [-0.1, -0.05) is 33.3 Å². The van der Waals surface area contributed by atoms with Crippen LogP contribution in [0, 0.1) is 5.92 Å². The predicted molar refractivity (Wildman–Crippen MR) is 83.5 cm³/mol. The number of carbonyl (C=O) groups excluding carboxylic acids is 2. The largest absolute Gasteiger partial charge is 0.504 e. The van der Waals surface area contributed by atoms with E-state index < -0.39 is 11.9 Å². The van der Waals surface area contributed by atoms with Gasteiger partial charge >= 0.3 is 11.9 Å². The molecule has 0 saturated heterocycles. The fourth-order valence-corrected chi connectivity index (χ4v) is 1.48. The second kappa shape index (κ2) is 8.87. The number of esters is 2. The number of phenolic OH excluding ortho intramolecular Hbond substituents is 1. The highest BCUT2D eigenvalue weighted by Crippen LogP contribution is 2.28. The molecule has 0 fully saturated rings. The summed E-state index contributed by atoms with van der Waals surface area (Å²) in [6, 6.07) is 4.54. The number of benzene rings is 1. The monoisotopic (exact) mass is 306 g/mol. The number of aromatic hydroxyl groups is 1. The summed E-state index contributed by atoms with van der Waals surface area (Å²) < 4.78 is 10.0. The highest BCUT2D eigenvalue weighted by Gasteiger charge is 2.12. The molecule has 0 aliphatic carbocycles. The maximum absolute atomic E-state index is 11.5. The molecule has 5 heteroatoms. The first kappa shape index (κ1) is 17.8. The first-order valence-corrected chi connectivity index (χ1v) is 7.33. The van der Waals surface area contributed by atoms with Gasteiger partial charge in [-0.05, 0) is 30.2 Å². The number of rotatable bonds is 7. The van der Waals surface area contributed by atoms with Crippen LogP contribution in [0.15, 0.2) is 24.3 Å². The quantitative estimate of drug-likeness (QED) is 0.362. The molecule has 0 aliphatic heterocycles. The summed E-state index contributed by atoms with van der Waals surface area (Å²) >= 11 is 0. The SMILES string of the molecule is CCCCOC(=O)C=Cc1ccc(OC(=O)C(C)C)c(O)c1. The molecule has 0 unspecified atom stereocenters. The third-order valence-corrected chi connectivity index (χ3v) is 2.82. The van der Waals surface area contributed by atoms with Gasteiger partial charge in [0.05, 0.1) is 12.5 Å². The molecule has 0 heterocycles. The molecule has 0 spiro atoms. The Hall–Kier alpha value is -2.30. The van der Waals surface area contributed by atoms with Crippen LogP contribution in [-0.2, 0) is 14.3 Å². The van der Waals surface area contributed by atoms with Crippen molar-refractivity contribution in [2.75, 3.05) is 6.61 Å². The Morgan fingerprint density at radius 2 is 2.05 bits per heavy atom. The lowest BCUT2D eigenvalue weighted by atomic mass is 10.2. The second-order valence-electron chi connectivity index (χ2n) is 5.16. The molecule has 0 bridgehead atoms. The van der Waals surface area contributed by atoms with Crippen molar-refractivity contribution >= 4 is 18.0 Å². The lowest BCUT2D eigenvalue weighted by Crippen LogP contribution is -2.14. The van der Waals surface area contributed by atoms with Crippen LogP contribution in [0.3, 0.4) is 0 Å². The second-order valence-corrected chi connectivity index (χ2v) is 5.16. The van der Waals surface area contributed by atoms with E-state index >= 15 is 0 Å². The van der Waals surface area contributed by atoms with E-state index in [4.69, 9.17) is 9.47 Å². The number of carbonyl (C=O) groups is 2. The van der Waals surface area contributed by atoms with Crippen molar-refractivity contribution in [1.29, 1.82) is 0 Å². The Bertz CT molecular complexity index is 546. The zero-order valence-corrected chi connectivity index (χ0v) is 13.2. The number of ether oxygens (including phenoxy) is 2. The summed E-state index contributed by atoms with van der Waals surface area (Å²) in [6.45, 7) is 5.83. The molecule has 0 radical (unpaired) electrons. The Balaban J connectivity index is 2.65. The lowest BCUT2D eigenvalue weighted by molar-refractivity contribution is -0.138. The fraction of sp³-hybridized carbons (Fsp3) is 0.412. The summed E-state index contributed by atoms with van der Waals surface area (Å²) in [5.74, 6) is -1.19. The standard InChI is InChI=1S/C17H22O5/c1-4-5-10-21-16(19)9-7-13-6-8-15(14(18)11-13)22-17(20)12(2)3/h6-9,11-12,18H,4-5,10H2,1-3H3. The summed E-state index contributed by atoms with van der Waals surface area (Å²) in [4.78, 5) is 22.9. The maximum Gasteiger partial charge on any atom is 0.330 e. The molecule has 120 valence electrons. The van der Waals surface area contributed by atoms with Gasteiger partial charge in [-0.25, -0.2) is 4.79 Å². The van der Waals surface area contributed by atoms with E-state index in [9.17, 15) is 14.7 Å². The van der Waals surface area contributed by atoms with E-state index in [1.54, 1.807) is 19.9 Å². The normalized spacial score (nSPS) is 10.9. The minimum atomic E-state index is -0.428. The molecule has 1 rings (SSSR count). The minimum Gasteiger partial charge on any atom is -0.504 e. The van der Waals surface area contributed by atoms with Crippen LogP contribution in [0.1, 0.15) is 39.2 Å². The van der Waals surface area contributed by atoms with Gasteiger partial charge in [-0.2, -0.15) is 0 Å².